The van der Waals surface area contributed by atoms with Gasteiger partial charge in [0, 0.05) is 19.4 Å². The molecule has 2 aromatic heterocycles. The largest absolute Gasteiger partial charge is 0.478 e. The molecular weight excluding hydrogens is 232 g/mol. The Hall–Kier alpha value is -2.30. The molecule has 0 saturated heterocycles. The van der Waals surface area contributed by atoms with E-state index in [-0.39, 0.29) is 5.56 Å². The molecule has 0 aromatic carbocycles. The lowest BCUT2D eigenvalue weighted by atomic mass is 10.2. The number of aromatic carboxylic acids is 1. The number of rotatable bonds is 4. The zero-order valence-corrected chi connectivity index (χ0v) is 10.3. The van der Waals surface area contributed by atoms with E-state index in [1.807, 2.05) is 31.0 Å². The number of carboxylic acids is 1. The predicted octanol–water partition coefficient (Wildman–Crippen LogP) is 2.32. The summed E-state index contributed by atoms with van der Waals surface area (Å²) in [5.74, 6) is 0.648. The number of nitrogens with zero attached hydrogens (tertiary/aromatic N) is 2. The lowest BCUT2D eigenvalue weighted by Crippen LogP contribution is -2.19. The summed E-state index contributed by atoms with van der Waals surface area (Å²) >= 11 is 0. The molecule has 5 heteroatoms. The highest BCUT2D eigenvalue weighted by Gasteiger charge is 2.14. The first-order valence-electron chi connectivity index (χ1n) is 5.51. The molecule has 0 bridgehead atoms. The van der Waals surface area contributed by atoms with Crippen LogP contribution >= 0.6 is 0 Å². The van der Waals surface area contributed by atoms with Crippen molar-refractivity contribution in [1.82, 2.24) is 4.98 Å². The Labute approximate surface area is 105 Å². The molecule has 2 heterocycles. The molecule has 18 heavy (non-hydrogen) atoms. The molecule has 0 fully saturated rings. The van der Waals surface area contributed by atoms with Crippen LogP contribution in [-0.4, -0.2) is 23.1 Å². The van der Waals surface area contributed by atoms with Gasteiger partial charge in [0.25, 0.3) is 0 Å². The smallest absolute Gasteiger partial charge is 0.339 e. The van der Waals surface area contributed by atoms with E-state index in [1.54, 1.807) is 12.3 Å². The minimum Gasteiger partial charge on any atom is -0.478 e. The fourth-order valence-corrected chi connectivity index (χ4v) is 1.77. The maximum atomic E-state index is 11.1. The van der Waals surface area contributed by atoms with E-state index in [2.05, 4.69) is 4.98 Å². The Morgan fingerprint density at radius 1 is 1.44 bits per heavy atom. The van der Waals surface area contributed by atoms with E-state index in [4.69, 9.17) is 9.52 Å². The van der Waals surface area contributed by atoms with Crippen LogP contribution in [0.4, 0.5) is 5.69 Å². The van der Waals surface area contributed by atoms with Gasteiger partial charge >= 0.3 is 5.97 Å². The molecule has 0 atom stereocenters. The van der Waals surface area contributed by atoms with E-state index in [0.717, 1.165) is 11.5 Å². The summed E-state index contributed by atoms with van der Waals surface area (Å²) in [6.45, 7) is 2.39. The Balaban J connectivity index is 2.23. The van der Waals surface area contributed by atoms with Gasteiger partial charge in [-0.1, -0.05) is 0 Å². The van der Waals surface area contributed by atoms with Crippen LogP contribution in [0, 0.1) is 6.92 Å². The molecule has 1 N–H and O–H groups in total. The molecule has 2 aromatic rings. The molecule has 0 saturated carbocycles. The topological polar surface area (TPSA) is 66.6 Å². The van der Waals surface area contributed by atoms with Crippen LogP contribution in [0.25, 0.3) is 0 Å². The van der Waals surface area contributed by atoms with Crippen molar-refractivity contribution in [3.05, 3.63) is 47.7 Å². The molecule has 94 valence electrons. The summed E-state index contributed by atoms with van der Waals surface area (Å²) in [5, 5.41) is 9.09. The molecule has 0 aliphatic rings. The van der Waals surface area contributed by atoms with Crippen LogP contribution in [-0.2, 0) is 6.54 Å². The van der Waals surface area contributed by atoms with E-state index in [9.17, 15) is 4.79 Å². The number of carboxylic acid groups (broad SMARTS) is 1. The molecule has 0 radical (unpaired) electrons. The van der Waals surface area contributed by atoms with Crippen molar-refractivity contribution >= 4 is 11.7 Å². The summed E-state index contributed by atoms with van der Waals surface area (Å²) in [5.41, 5.74) is 0.801. The third kappa shape index (κ3) is 2.51. The van der Waals surface area contributed by atoms with Crippen molar-refractivity contribution in [1.29, 1.82) is 0 Å². The first kappa shape index (κ1) is 12.2. The average Bonchev–Trinajstić information content (AvgIpc) is 2.74. The first-order chi connectivity index (χ1) is 8.58. The number of furan rings is 1. The van der Waals surface area contributed by atoms with Crippen molar-refractivity contribution in [3.63, 3.8) is 0 Å². The van der Waals surface area contributed by atoms with Gasteiger partial charge in [0.05, 0.1) is 12.2 Å². The third-order valence-electron chi connectivity index (χ3n) is 2.63. The summed E-state index contributed by atoms with van der Waals surface area (Å²) < 4.78 is 5.47. The molecular formula is C13H14N2O3. The van der Waals surface area contributed by atoms with Gasteiger partial charge in [-0.3, -0.25) is 4.98 Å². The van der Waals surface area contributed by atoms with E-state index < -0.39 is 5.97 Å². The SMILES string of the molecule is Cc1ccc(CN(C)c2ccncc2C(=O)O)o1. The highest BCUT2D eigenvalue weighted by Crippen LogP contribution is 2.20. The van der Waals surface area contributed by atoms with Crippen molar-refractivity contribution in [2.45, 2.75) is 13.5 Å². The highest BCUT2D eigenvalue weighted by atomic mass is 16.4. The van der Waals surface area contributed by atoms with Gasteiger partial charge in [-0.15, -0.1) is 0 Å². The third-order valence-corrected chi connectivity index (χ3v) is 2.63. The quantitative estimate of drug-likeness (QED) is 0.896. The Morgan fingerprint density at radius 3 is 2.83 bits per heavy atom. The highest BCUT2D eigenvalue weighted by molar-refractivity contribution is 5.93. The molecule has 5 nitrogen and oxygen atoms in total. The maximum absolute atomic E-state index is 11.1. The van der Waals surface area contributed by atoms with Gasteiger partial charge in [0.1, 0.15) is 17.1 Å². The zero-order valence-electron chi connectivity index (χ0n) is 10.3. The number of aryl methyl sites for hydroxylation is 1. The number of anilines is 1. The predicted molar refractivity (Wildman–Crippen MR) is 66.7 cm³/mol. The van der Waals surface area contributed by atoms with Crippen molar-refractivity contribution < 1.29 is 14.3 Å². The lowest BCUT2D eigenvalue weighted by Gasteiger charge is -2.19. The van der Waals surface area contributed by atoms with Gasteiger partial charge < -0.3 is 14.4 Å². The number of hydrogen-bond acceptors (Lipinski definition) is 4. The van der Waals surface area contributed by atoms with Crippen LogP contribution in [0.1, 0.15) is 21.9 Å². The maximum Gasteiger partial charge on any atom is 0.339 e. The summed E-state index contributed by atoms with van der Waals surface area (Å²) in [6.07, 6.45) is 2.92. The summed E-state index contributed by atoms with van der Waals surface area (Å²) in [7, 11) is 1.82. The van der Waals surface area contributed by atoms with Crippen molar-refractivity contribution in [2.75, 3.05) is 11.9 Å². The minimum atomic E-state index is -0.986. The lowest BCUT2D eigenvalue weighted by molar-refractivity contribution is 0.0697. The summed E-state index contributed by atoms with van der Waals surface area (Å²) in [4.78, 5) is 16.7. The molecule has 0 aliphatic heterocycles. The zero-order chi connectivity index (χ0) is 13.1. The molecule has 2 rings (SSSR count). The fraction of sp³-hybridized carbons (Fsp3) is 0.231. The van der Waals surface area contributed by atoms with Gasteiger partial charge in [-0.05, 0) is 25.1 Å². The summed E-state index contributed by atoms with van der Waals surface area (Å²) in [6, 6.07) is 5.44. The molecule has 0 spiro atoms. The van der Waals surface area contributed by atoms with E-state index in [0.29, 0.717) is 12.2 Å². The Bertz CT molecular complexity index is 563. The second-order valence-electron chi connectivity index (χ2n) is 4.07. The van der Waals surface area contributed by atoms with Gasteiger partial charge in [0.15, 0.2) is 0 Å². The first-order valence-corrected chi connectivity index (χ1v) is 5.51. The number of pyridine rings is 1. The molecule has 0 amide bonds. The van der Waals surface area contributed by atoms with Crippen molar-refractivity contribution in [3.8, 4) is 0 Å². The van der Waals surface area contributed by atoms with Crippen LogP contribution in [0.2, 0.25) is 0 Å². The van der Waals surface area contributed by atoms with Gasteiger partial charge in [-0.25, -0.2) is 4.79 Å². The molecule has 0 unspecified atom stereocenters. The standard InChI is InChI=1S/C13H14N2O3/c1-9-3-4-10(18-9)8-15(2)12-5-6-14-7-11(12)13(16)17/h3-7H,8H2,1-2H3,(H,16,17). The van der Waals surface area contributed by atoms with Crippen LogP contribution in [0.3, 0.4) is 0 Å². The number of hydrogen-bond donors (Lipinski definition) is 1. The number of aromatic nitrogens is 1. The normalized spacial score (nSPS) is 10.3. The second kappa shape index (κ2) is 4.91. The van der Waals surface area contributed by atoms with Crippen LogP contribution in [0.5, 0.6) is 0 Å². The Kier molecular flexibility index (Phi) is 3.32. The van der Waals surface area contributed by atoms with E-state index in [1.165, 1.54) is 6.20 Å². The molecule has 0 aliphatic carbocycles. The van der Waals surface area contributed by atoms with Crippen LogP contribution < -0.4 is 4.90 Å². The number of carbonyl (C=O) groups is 1. The average molecular weight is 246 g/mol. The van der Waals surface area contributed by atoms with Crippen molar-refractivity contribution in [2.24, 2.45) is 0 Å². The van der Waals surface area contributed by atoms with Gasteiger partial charge in [-0.2, -0.15) is 0 Å². The van der Waals surface area contributed by atoms with E-state index >= 15 is 0 Å². The monoisotopic (exact) mass is 246 g/mol. The fourth-order valence-electron chi connectivity index (χ4n) is 1.77. The van der Waals surface area contributed by atoms with Gasteiger partial charge in [0.2, 0.25) is 0 Å². The second-order valence-corrected chi connectivity index (χ2v) is 4.07. The van der Waals surface area contributed by atoms with Crippen LogP contribution in [0.15, 0.2) is 35.0 Å². The Morgan fingerprint density at radius 2 is 2.22 bits per heavy atom. The minimum absolute atomic E-state index is 0.184.